The van der Waals surface area contributed by atoms with E-state index in [1.54, 1.807) is 0 Å². The van der Waals surface area contributed by atoms with Crippen molar-refractivity contribution in [3.63, 3.8) is 0 Å². The second kappa shape index (κ2) is 7.99. The van der Waals surface area contributed by atoms with E-state index in [9.17, 15) is 0 Å². The van der Waals surface area contributed by atoms with Crippen LogP contribution in [0.15, 0.2) is 30.3 Å². The molecule has 134 valence electrons. The first-order valence-electron chi connectivity index (χ1n) is 9.77. The molecule has 2 aliphatic rings. The summed E-state index contributed by atoms with van der Waals surface area (Å²) < 4.78 is 0. The fraction of sp³-hybridized carbons (Fsp3) is 0.714. The van der Waals surface area contributed by atoms with Gasteiger partial charge in [0, 0.05) is 38.3 Å². The standard InChI is InChI=1S/C21H35N3/c1-19(2)17-21(9-11-22(3)12-10-21)24-15-13-23(14-16-24)18-20-7-5-4-6-8-20/h4-8,19H,9-18H2,1-3H3. The van der Waals surface area contributed by atoms with E-state index >= 15 is 0 Å². The van der Waals surface area contributed by atoms with E-state index in [-0.39, 0.29) is 0 Å². The van der Waals surface area contributed by atoms with Gasteiger partial charge in [0.05, 0.1) is 0 Å². The summed E-state index contributed by atoms with van der Waals surface area (Å²) >= 11 is 0. The van der Waals surface area contributed by atoms with Crippen LogP contribution in [-0.2, 0) is 6.54 Å². The molecular formula is C21H35N3. The minimum Gasteiger partial charge on any atom is -0.306 e. The number of benzene rings is 1. The molecule has 0 bridgehead atoms. The molecule has 2 fully saturated rings. The Bertz CT molecular complexity index is 483. The molecule has 1 aromatic rings. The van der Waals surface area contributed by atoms with E-state index in [0.717, 1.165) is 12.5 Å². The van der Waals surface area contributed by atoms with Gasteiger partial charge in [0.15, 0.2) is 0 Å². The van der Waals surface area contributed by atoms with Gasteiger partial charge in [-0.05, 0) is 50.9 Å². The van der Waals surface area contributed by atoms with Crippen molar-refractivity contribution in [2.24, 2.45) is 5.92 Å². The van der Waals surface area contributed by atoms with Crippen molar-refractivity contribution >= 4 is 0 Å². The van der Waals surface area contributed by atoms with Crippen molar-refractivity contribution < 1.29 is 0 Å². The van der Waals surface area contributed by atoms with Crippen molar-refractivity contribution in [1.82, 2.24) is 14.7 Å². The van der Waals surface area contributed by atoms with Gasteiger partial charge in [0.1, 0.15) is 0 Å². The van der Waals surface area contributed by atoms with Crippen LogP contribution in [0.1, 0.15) is 38.7 Å². The highest BCUT2D eigenvalue weighted by atomic mass is 15.3. The van der Waals surface area contributed by atoms with E-state index in [1.165, 1.54) is 64.1 Å². The first kappa shape index (κ1) is 17.9. The van der Waals surface area contributed by atoms with Crippen molar-refractivity contribution in [2.75, 3.05) is 46.3 Å². The van der Waals surface area contributed by atoms with E-state index in [2.05, 4.69) is 65.9 Å². The van der Waals surface area contributed by atoms with Crippen LogP contribution >= 0.6 is 0 Å². The molecule has 3 heteroatoms. The Morgan fingerprint density at radius 2 is 1.54 bits per heavy atom. The van der Waals surface area contributed by atoms with Crippen molar-refractivity contribution in [3.05, 3.63) is 35.9 Å². The van der Waals surface area contributed by atoms with Crippen LogP contribution in [0, 0.1) is 5.92 Å². The fourth-order valence-corrected chi connectivity index (χ4v) is 4.67. The summed E-state index contributed by atoms with van der Waals surface area (Å²) in [6.07, 6.45) is 4.06. The summed E-state index contributed by atoms with van der Waals surface area (Å²) in [6, 6.07) is 10.9. The molecule has 0 atom stereocenters. The molecule has 2 aliphatic heterocycles. The van der Waals surface area contributed by atoms with Gasteiger partial charge in [-0.3, -0.25) is 9.80 Å². The summed E-state index contributed by atoms with van der Waals surface area (Å²) in [5.41, 5.74) is 1.90. The summed E-state index contributed by atoms with van der Waals surface area (Å²) in [5, 5.41) is 0. The van der Waals surface area contributed by atoms with Gasteiger partial charge in [-0.1, -0.05) is 44.2 Å². The second-order valence-electron chi connectivity index (χ2n) is 8.37. The van der Waals surface area contributed by atoms with Gasteiger partial charge in [0.25, 0.3) is 0 Å². The number of rotatable bonds is 5. The third kappa shape index (κ3) is 4.38. The Morgan fingerprint density at radius 1 is 0.917 bits per heavy atom. The number of likely N-dealkylation sites (tertiary alicyclic amines) is 1. The lowest BCUT2D eigenvalue weighted by Crippen LogP contribution is -2.60. The highest BCUT2D eigenvalue weighted by molar-refractivity contribution is 5.14. The predicted molar refractivity (Wildman–Crippen MR) is 102 cm³/mol. The van der Waals surface area contributed by atoms with Crippen LogP contribution in [-0.4, -0.2) is 66.6 Å². The Kier molecular flexibility index (Phi) is 5.96. The van der Waals surface area contributed by atoms with Crippen LogP contribution in [0.5, 0.6) is 0 Å². The molecule has 2 saturated heterocycles. The van der Waals surface area contributed by atoms with Gasteiger partial charge >= 0.3 is 0 Å². The maximum absolute atomic E-state index is 2.85. The number of piperidine rings is 1. The average molecular weight is 330 g/mol. The molecule has 3 nitrogen and oxygen atoms in total. The average Bonchev–Trinajstić information content (AvgIpc) is 2.58. The highest BCUT2D eigenvalue weighted by Crippen LogP contribution is 2.35. The number of hydrogen-bond acceptors (Lipinski definition) is 3. The van der Waals surface area contributed by atoms with Crippen LogP contribution in [0.3, 0.4) is 0 Å². The zero-order valence-electron chi connectivity index (χ0n) is 15.9. The molecule has 0 aliphatic carbocycles. The maximum Gasteiger partial charge on any atom is 0.0237 e. The molecule has 0 spiro atoms. The normalized spacial score (nSPS) is 23.7. The number of nitrogens with zero attached hydrogens (tertiary/aromatic N) is 3. The SMILES string of the molecule is CC(C)CC1(N2CCN(Cc3ccccc3)CC2)CCN(C)CC1. The van der Waals surface area contributed by atoms with E-state index < -0.39 is 0 Å². The molecule has 0 saturated carbocycles. The van der Waals surface area contributed by atoms with Gasteiger partial charge < -0.3 is 4.90 Å². The van der Waals surface area contributed by atoms with Gasteiger partial charge in [0.2, 0.25) is 0 Å². The lowest BCUT2D eigenvalue weighted by molar-refractivity contribution is -0.0201. The fourth-order valence-electron chi connectivity index (χ4n) is 4.67. The molecule has 0 unspecified atom stereocenters. The summed E-state index contributed by atoms with van der Waals surface area (Å²) in [5.74, 6) is 0.788. The molecular weight excluding hydrogens is 294 g/mol. The minimum atomic E-state index is 0.458. The minimum absolute atomic E-state index is 0.458. The largest absolute Gasteiger partial charge is 0.306 e. The van der Waals surface area contributed by atoms with E-state index in [4.69, 9.17) is 0 Å². The summed E-state index contributed by atoms with van der Waals surface area (Å²) in [6.45, 7) is 13.3. The number of piperazine rings is 1. The van der Waals surface area contributed by atoms with Crippen molar-refractivity contribution in [2.45, 2.75) is 45.2 Å². The molecule has 2 heterocycles. The Labute approximate surface area is 148 Å². The quantitative estimate of drug-likeness (QED) is 0.820. The third-order valence-electron chi connectivity index (χ3n) is 6.00. The van der Waals surface area contributed by atoms with Crippen LogP contribution in [0.2, 0.25) is 0 Å². The van der Waals surface area contributed by atoms with Crippen LogP contribution < -0.4 is 0 Å². The summed E-state index contributed by atoms with van der Waals surface area (Å²) in [7, 11) is 2.27. The zero-order valence-corrected chi connectivity index (χ0v) is 15.9. The smallest absolute Gasteiger partial charge is 0.0237 e. The first-order valence-corrected chi connectivity index (χ1v) is 9.77. The predicted octanol–water partition coefficient (Wildman–Crippen LogP) is 3.31. The van der Waals surface area contributed by atoms with Crippen molar-refractivity contribution in [1.29, 1.82) is 0 Å². The topological polar surface area (TPSA) is 9.72 Å². The van der Waals surface area contributed by atoms with Gasteiger partial charge in [-0.2, -0.15) is 0 Å². The van der Waals surface area contributed by atoms with Gasteiger partial charge in [-0.15, -0.1) is 0 Å². The third-order valence-corrected chi connectivity index (χ3v) is 6.00. The molecule has 24 heavy (non-hydrogen) atoms. The Hall–Kier alpha value is -0.900. The molecule has 1 aromatic carbocycles. The van der Waals surface area contributed by atoms with Crippen LogP contribution in [0.25, 0.3) is 0 Å². The second-order valence-corrected chi connectivity index (χ2v) is 8.37. The molecule has 0 N–H and O–H groups in total. The molecule has 0 radical (unpaired) electrons. The summed E-state index contributed by atoms with van der Waals surface area (Å²) in [4.78, 5) is 7.98. The zero-order chi connectivity index (χ0) is 17.0. The first-order chi connectivity index (χ1) is 11.6. The molecule has 0 aromatic heterocycles. The number of hydrogen-bond donors (Lipinski definition) is 0. The lowest BCUT2D eigenvalue weighted by atomic mass is 9.78. The van der Waals surface area contributed by atoms with E-state index in [1.807, 2.05) is 0 Å². The monoisotopic (exact) mass is 329 g/mol. The highest BCUT2D eigenvalue weighted by Gasteiger charge is 2.40. The maximum atomic E-state index is 2.85. The lowest BCUT2D eigenvalue weighted by Gasteiger charge is -2.52. The molecule has 3 rings (SSSR count). The van der Waals surface area contributed by atoms with Crippen LogP contribution in [0.4, 0.5) is 0 Å². The van der Waals surface area contributed by atoms with Crippen molar-refractivity contribution in [3.8, 4) is 0 Å². The Morgan fingerprint density at radius 3 is 2.12 bits per heavy atom. The molecule has 0 amide bonds. The Balaban J connectivity index is 1.59. The van der Waals surface area contributed by atoms with E-state index in [0.29, 0.717) is 5.54 Å². The van der Waals surface area contributed by atoms with Gasteiger partial charge in [-0.25, -0.2) is 0 Å².